The topological polar surface area (TPSA) is 59.5 Å². The number of para-hydroxylation sites is 1. The summed E-state index contributed by atoms with van der Waals surface area (Å²) in [6.07, 6.45) is 0.939. The molecule has 1 aliphatic rings. The molecule has 25 heavy (non-hydrogen) atoms. The highest BCUT2D eigenvalue weighted by atomic mass is 35.5. The van der Waals surface area contributed by atoms with Crippen molar-refractivity contribution in [2.45, 2.75) is 39.2 Å². The fourth-order valence-corrected chi connectivity index (χ4v) is 4.13. The number of piperidine rings is 1. The average molecular weight is 381 g/mol. The number of Topliss-reactive ketones (excluding diaryl/α,β-unsaturated/α-hetero) is 1. The molecule has 1 saturated heterocycles. The number of likely N-dealkylation sites (tertiary alicyclic amines) is 1. The van der Waals surface area contributed by atoms with Gasteiger partial charge in [-0.3, -0.25) is 4.79 Å². The van der Waals surface area contributed by atoms with Gasteiger partial charge in [0.05, 0.1) is 9.72 Å². The van der Waals surface area contributed by atoms with Gasteiger partial charge in [0.1, 0.15) is 11.1 Å². The Morgan fingerprint density at radius 3 is 2.56 bits per heavy atom. The zero-order chi connectivity index (χ0) is 18.2. The van der Waals surface area contributed by atoms with Crippen molar-refractivity contribution in [3.05, 3.63) is 28.2 Å². The van der Waals surface area contributed by atoms with E-state index >= 15 is 0 Å². The molecule has 5 nitrogen and oxygen atoms in total. The van der Waals surface area contributed by atoms with Crippen LogP contribution in [0.2, 0.25) is 5.02 Å². The lowest BCUT2D eigenvalue weighted by molar-refractivity contribution is 0.0182. The lowest BCUT2D eigenvalue weighted by atomic mass is 9.93. The number of amides is 1. The summed E-state index contributed by atoms with van der Waals surface area (Å²) in [5, 5.41) is 1.06. The molecule has 1 aromatic heterocycles. The smallest absolute Gasteiger partial charge is 0.410 e. The number of hydrogen-bond acceptors (Lipinski definition) is 5. The first-order valence-electron chi connectivity index (χ1n) is 8.32. The molecule has 1 aromatic carbocycles. The highest BCUT2D eigenvalue weighted by Crippen LogP contribution is 2.31. The number of ketones is 1. The SMILES string of the molecule is CC(C)(C)OC(=O)N1CCC(C(=O)c2nc3c(Cl)cccc3s2)CC1. The summed E-state index contributed by atoms with van der Waals surface area (Å²) in [4.78, 5) is 31.0. The van der Waals surface area contributed by atoms with Gasteiger partial charge in [-0.05, 0) is 45.7 Å². The van der Waals surface area contributed by atoms with Crippen molar-refractivity contribution in [3.8, 4) is 0 Å². The maximum atomic E-state index is 12.8. The molecule has 7 heteroatoms. The molecule has 0 atom stereocenters. The van der Waals surface area contributed by atoms with Crippen LogP contribution in [0.1, 0.15) is 43.4 Å². The largest absolute Gasteiger partial charge is 0.444 e. The Balaban J connectivity index is 1.65. The van der Waals surface area contributed by atoms with Gasteiger partial charge in [0, 0.05) is 19.0 Å². The van der Waals surface area contributed by atoms with Crippen molar-refractivity contribution in [1.82, 2.24) is 9.88 Å². The highest BCUT2D eigenvalue weighted by molar-refractivity contribution is 7.20. The van der Waals surface area contributed by atoms with Crippen LogP contribution >= 0.6 is 22.9 Å². The number of thiazole rings is 1. The Bertz CT molecular complexity index is 804. The van der Waals surface area contributed by atoms with Crippen LogP contribution in [-0.4, -0.2) is 40.5 Å². The second kappa shape index (κ2) is 6.92. The number of nitrogens with zero attached hydrogens (tertiary/aromatic N) is 2. The van der Waals surface area contributed by atoms with Crippen LogP contribution in [-0.2, 0) is 4.74 Å². The van der Waals surface area contributed by atoms with E-state index in [0.29, 0.717) is 41.5 Å². The third-order valence-corrected chi connectivity index (χ3v) is 5.44. The number of ether oxygens (including phenoxy) is 1. The standard InChI is InChI=1S/C18H21ClN2O3S/c1-18(2,3)24-17(23)21-9-7-11(8-10-21)15(22)16-20-14-12(19)5-4-6-13(14)25-16/h4-6,11H,7-10H2,1-3H3. The van der Waals surface area contributed by atoms with Crippen LogP contribution in [0, 0.1) is 5.92 Å². The number of benzene rings is 1. The van der Waals surface area contributed by atoms with Crippen LogP contribution in [0.3, 0.4) is 0 Å². The summed E-state index contributed by atoms with van der Waals surface area (Å²) < 4.78 is 6.31. The summed E-state index contributed by atoms with van der Waals surface area (Å²) >= 11 is 7.52. The molecular weight excluding hydrogens is 360 g/mol. The van der Waals surface area contributed by atoms with Crippen LogP contribution in [0.4, 0.5) is 4.79 Å². The van der Waals surface area contributed by atoms with E-state index in [-0.39, 0.29) is 17.8 Å². The van der Waals surface area contributed by atoms with Crippen molar-refractivity contribution in [2.75, 3.05) is 13.1 Å². The molecular formula is C18H21ClN2O3S. The summed E-state index contributed by atoms with van der Waals surface area (Å²) in [6.45, 7) is 6.59. The third-order valence-electron chi connectivity index (χ3n) is 4.10. The minimum absolute atomic E-state index is 0.0427. The van der Waals surface area contributed by atoms with Crippen molar-refractivity contribution >= 4 is 45.0 Å². The maximum Gasteiger partial charge on any atom is 0.410 e. The third kappa shape index (κ3) is 4.12. The molecule has 0 spiro atoms. The van der Waals surface area contributed by atoms with Gasteiger partial charge in [-0.15, -0.1) is 11.3 Å². The quantitative estimate of drug-likeness (QED) is 0.703. The summed E-state index contributed by atoms with van der Waals surface area (Å²) in [6, 6.07) is 5.55. The molecule has 0 N–H and O–H groups in total. The Kier molecular flexibility index (Phi) is 5.02. The van der Waals surface area contributed by atoms with Gasteiger partial charge < -0.3 is 9.64 Å². The fraction of sp³-hybridized carbons (Fsp3) is 0.500. The van der Waals surface area contributed by atoms with E-state index in [1.807, 2.05) is 32.9 Å². The number of carbonyl (C=O) groups is 2. The summed E-state index contributed by atoms with van der Waals surface area (Å²) in [5.74, 6) is -0.0703. The Hall–Kier alpha value is -1.66. The van der Waals surface area contributed by atoms with Crippen LogP contribution < -0.4 is 0 Å². The summed E-state index contributed by atoms with van der Waals surface area (Å²) in [7, 11) is 0. The van der Waals surface area contributed by atoms with E-state index in [9.17, 15) is 9.59 Å². The van der Waals surface area contributed by atoms with Crippen molar-refractivity contribution in [3.63, 3.8) is 0 Å². The molecule has 3 rings (SSSR count). The molecule has 134 valence electrons. The predicted molar refractivity (Wildman–Crippen MR) is 99.5 cm³/mol. The van der Waals surface area contributed by atoms with Crippen LogP contribution in [0.15, 0.2) is 18.2 Å². The zero-order valence-electron chi connectivity index (χ0n) is 14.5. The van der Waals surface area contributed by atoms with E-state index in [1.54, 1.807) is 11.0 Å². The highest BCUT2D eigenvalue weighted by Gasteiger charge is 2.31. The van der Waals surface area contributed by atoms with E-state index in [4.69, 9.17) is 16.3 Å². The molecule has 0 unspecified atom stereocenters. The van der Waals surface area contributed by atoms with Gasteiger partial charge in [-0.2, -0.15) is 0 Å². The zero-order valence-corrected chi connectivity index (χ0v) is 16.1. The lowest BCUT2D eigenvalue weighted by Gasteiger charge is -2.32. The first kappa shape index (κ1) is 18.1. The number of hydrogen-bond donors (Lipinski definition) is 0. The van der Waals surface area contributed by atoms with Gasteiger partial charge in [0.25, 0.3) is 0 Å². The van der Waals surface area contributed by atoms with Gasteiger partial charge in [-0.25, -0.2) is 9.78 Å². The van der Waals surface area contributed by atoms with Gasteiger partial charge in [0.2, 0.25) is 0 Å². The molecule has 1 aliphatic heterocycles. The first-order valence-corrected chi connectivity index (χ1v) is 9.51. The monoisotopic (exact) mass is 380 g/mol. The fourth-order valence-electron chi connectivity index (χ4n) is 2.85. The maximum absolute atomic E-state index is 12.8. The van der Waals surface area contributed by atoms with Gasteiger partial charge in [0.15, 0.2) is 10.8 Å². The predicted octanol–water partition coefficient (Wildman–Crippen LogP) is 4.78. The minimum Gasteiger partial charge on any atom is -0.444 e. The van der Waals surface area contributed by atoms with E-state index in [0.717, 1.165) is 4.70 Å². The van der Waals surface area contributed by atoms with Crippen molar-refractivity contribution in [2.24, 2.45) is 5.92 Å². The first-order chi connectivity index (χ1) is 11.7. The van der Waals surface area contributed by atoms with Crippen LogP contribution in [0.5, 0.6) is 0 Å². The lowest BCUT2D eigenvalue weighted by Crippen LogP contribution is -2.43. The van der Waals surface area contributed by atoms with Crippen LogP contribution in [0.25, 0.3) is 10.2 Å². The number of carbonyl (C=O) groups excluding carboxylic acids is 2. The summed E-state index contributed by atoms with van der Waals surface area (Å²) in [5.41, 5.74) is 0.174. The molecule has 2 heterocycles. The molecule has 1 amide bonds. The normalized spacial score (nSPS) is 16.2. The second-order valence-corrected chi connectivity index (χ2v) is 8.65. The molecule has 0 bridgehead atoms. The Morgan fingerprint density at radius 1 is 1.28 bits per heavy atom. The van der Waals surface area contributed by atoms with Crippen molar-refractivity contribution in [1.29, 1.82) is 0 Å². The molecule has 0 aliphatic carbocycles. The Labute approximate surface area is 155 Å². The number of fused-ring (bicyclic) bond motifs is 1. The minimum atomic E-state index is -0.510. The Morgan fingerprint density at radius 2 is 1.96 bits per heavy atom. The van der Waals surface area contributed by atoms with Gasteiger partial charge >= 0.3 is 6.09 Å². The van der Waals surface area contributed by atoms with E-state index in [2.05, 4.69) is 4.98 Å². The van der Waals surface area contributed by atoms with Gasteiger partial charge in [-0.1, -0.05) is 17.7 Å². The van der Waals surface area contributed by atoms with Crippen molar-refractivity contribution < 1.29 is 14.3 Å². The molecule has 1 fully saturated rings. The molecule has 0 saturated carbocycles. The number of halogens is 1. The number of rotatable bonds is 2. The van der Waals surface area contributed by atoms with E-state index < -0.39 is 5.60 Å². The second-order valence-electron chi connectivity index (χ2n) is 7.21. The molecule has 2 aromatic rings. The average Bonchev–Trinajstić information content (AvgIpc) is 2.98. The van der Waals surface area contributed by atoms with E-state index in [1.165, 1.54) is 11.3 Å². The number of aromatic nitrogens is 1. The molecule has 0 radical (unpaired) electrons.